The molecule has 0 bridgehead atoms. The molecular weight excluding hydrogens is 228 g/mol. The second-order valence-electron chi connectivity index (χ2n) is 5.37. The Balaban J connectivity index is 1.93. The molecule has 1 aromatic rings. The van der Waals surface area contributed by atoms with Gasteiger partial charge in [0.05, 0.1) is 5.69 Å². The van der Waals surface area contributed by atoms with Crippen LogP contribution in [-0.2, 0) is 12.8 Å². The van der Waals surface area contributed by atoms with Crippen LogP contribution in [0.5, 0.6) is 0 Å². The van der Waals surface area contributed by atoms with E-state index in [0.29, 0.717) is 0 Å². The summed E-state index contributed by atoms with van der Waals surface area (Å²) in [4.78, 5) is 21.7. The number of fused-ring (bicyclic) bond motifs is 1. The predicted octanol–water partition coefficient (Wildman–Crippen LogP) is 0.576. The van der Waals surface area contributed by atoms with E-state index < -0.39 is 0 Å². The maximum Gasteiger partial charge on any atom is 0.255 e. The van der Waals surface area contributed by atoms with Crippen molar-refractivity contribution in [1.82, 2.24) is 9.97 Å². The number of aromatic amines is 1. The van der Waals surface area contributed by atoms with Crippen LogP contribution < -0.4 is 16.2 Å². The zero-order valence-corrected chi connectivity index (χ0v) is 10.6. The van der Waals surface area contributed by atoms with Crippen LogP contribution in [0.2, 0.25) is 0 Å². The van der Waals surface area contributed by atoms with Crippen LogP contribution in [0.4, 0.5) is 5.95 Å². The Morgan fingerprint density at radius 2 is 2.11 bits per heavy atom. The van der Waals surface area contributed by atoms with Gasteiger partial charge in [-0.15, -0.1) is 0 Å². The lowest BCUT2D eigenvalue weighted by Crippen LogP contribution is -2.44. The molecule has 1 saturated heterocycles. The lowest BCUT2D eigenvalue weighted by molar-refractivity contribution is 0.497. The second-order valence-corrected chi connectivity index (χ2v) is 5.37. The van der Waals surface area contributed by atoms with Gasteiger partial charge in [-0.2, -0.15) is 0 Å². The minimum Gasteiger partial charge on any atom is -0.341 e. The quantitative estimate of drug-likeness (QED) is 0.762. The van der Waals surface area contributed by atoms with Crippen molar-refractivity contribution < 1.29 is 0 Å². The topological polar surface area (TPSA) is 75.0 Å². The van der Waals surface area contributed by atoms with Gasteiger partial charge in [-0.25, -0.2) is 4.98 Å². The number of anilines is 1. The van der Waals surface area contributed by atoms with Crippen LogP contribution in [0, 0.1) is 0 Å². The first-order valence-corrected chi connectivity index (χ1v) is 6.86. The first-order chi connectivity index (χ1) is 8.74. The Labute approximate surface area is 106 Å². The summed E-state index contributed by atoms with van der Waals surface area (Å²) >= 11 is 0. The fourth-order valence-corrected chi connectivity index (χ4v) is 2.94. The van der Waals surface area contributed by atoms with Crippen molar-refractivity contribution in [1.29, 1.82) is 0 Å². The molecule has 1 atom stereocenters. The molecule has 0 saturated carbocycles. The van der Waals surface area contributed by atoms with Crippen molar-refractivity contribution in [2.24, 2.45) is 5.73 Å². The monoisotopic (exact) mass is 248 g/mol. The van der Waals surface area contributed by atoms with E-state index in [-0.39, 0.29) is 11.6 Å². The summed E-state index contributed by atoms with van der Waals surface area (Å²) in [7, 11) is 0. The summed E-state index contributed by atoms with van der Waals surface area (Å²) in [6, 6.07) is 0.195. The highest BCUT2D eigenvalue weighted by molar-refractivity contribution is 5.35. The molecular formula is C13H20N4O. The van der Waals surface area contributed by atoms with Crippen molar-refractivity contribution in [3.63, 3.8) is 0 Å². The summed E-state index contributed by atoms with van der Waals surface area (Å²) in [5.74, 6) is 0.718. The molecule has 5 nitrogen and oxygen atoms in total. The third-order valence-electron chi connectivity index (χ3n) is 3.94. The molecule has 1 aliphatic carbocycles. The largest absolute Gasteiger partial charge is 0.341 e. The molecule has 2 aliphatic rings. The molecule has 5 heteroatoms. The van der Waals surface area contributed by atoms with Gasteiger partial charge in [-0.1, -0.05) is 0 Å². The molecule has 3 N–H and O–H groups in total. The van der Waals surface area contributed by atoms with E-state index in [0.717, 1.165) is 68.8 Å². The SMILES string of the molecule is N[C@H]1CCCN(c2nc3c(c(=O)[nH]2)CCCC3)C1. The van der Waals surface area contributed by atoms with E-state index in [1.807, 2.05) is 0 Å². The van der Waals surface area contributed by atoms with Crippen LogP contribution in [0.15, 0.2) is 4.79 Å². The molecule has 0 unspecified atom stereocenters. The van der Waals surface area contributed by atoms with E-state index in [1.165, 1.54) is 0 Å². The van der Waals surface area contributed by atoms with E-state index in [2.05, 4.69) is 14.9 Å². The van der Waals surface area contributed by atoms with Crippen LogP contribution in [0.1, 0.15) is 36.9 Å². The number of H-pyrrole nitrogens is 1. The summed E-state index contributed by atoms with van der Waals surface area (Å²) in [5.41, 5.74) is 7.92. The Morgan fingerprint density at radius 3 is 2.94 bits per heavy atom. The van der Waals surface area contributed by atoms with Gasteiger partial charge in [-0.3, -0.25) is 9.78 Å². The van der Waals surface area contributed by atoms with Gasteiger partial charge in [0.1, 0.15) is 0 Å². The minimum atomic E-state index is 0.0499. The lowest BCUT2D eigenvalue weighted by atomic mass is 9.97. The molecule has 1 aromatic heterocycles. The molecule has 1 aliphatic heterocycles. The smallest absolute Gasteiger partial charge is 0.255 e. The Bertz CT molecular complexity index is 496. The zero-order valence-electron chi connectivity index (χ0n) is 10.6. The minimum absolute atomic E-state index is 0.0499. The third kappa shape index (κ3) is 2.14. The molecule has 0 amide bonds. The number of rotatable bonds is 1. The van der Waals surface area contributed by atoms with Gasteiger partial charge in [-0.05, 0) is 38.5 Å². The highest BCUT2D eigenvalue weighted by atomic mass is 16.1. The predicted molar refractivity (Wildman–Crippen MR) is 70.9 cm³/mol. The number of nitrogens with zero attached hydrogens (tertiary/aromatic N) is 2. The fourth-order valence-electron chi connectivity index (χ4n) is 2.94. The van der Waals surface area contributed by atoms with Crippen LogP contribution in [0.3, 0.4) is 0 Å². The standard InChI is InChI=1S/C13H20N4O/c14-9-4-3-7-17(8-9)13-15-11-6-2-1-5-10(11)12(18)16-13/h9H,1-8,14H2,(H,15,16,18)/t9-/m0/s1. The van der Waals surface area contributed by atoms with Crippen LogP contribution in [0.25, 0.3) is 0 Å². The number of aryl methyl sites for hydroxylation is 1. The number of aromatic nitrogens is 2. The fraction of sp³-hybridized carbons (Fsp3) is 0.692. The first kappa shape index (κ1) is 11.7. The maximum atomic E-state index is 12.1. The molecule has 3 rings (SSSR count). The molecule has 2 heterocycles. The molecule has 0 radical (unpaired) electrons. The van der Waals surface area contributed by atoms with E-state index in [9.17, 15) is 4.79 Å². The number of hydrogen-bond donors (Lipinski definition) is 2. The Morgan fingerprint density at radius 1 is 1.28 bits per heavy atom. The third-order valence-corrected chi connectivity index (χ3v) is 3.94. The first-order valence-electron chi connectivity index (χ1n) is 6.86. The highest BCUT2D eigenvalue weighted by Crippen LogP contribution is 2.19. The number of piperidine rings is 1. The highest BCUT2D eigenvalue weighted by Gasteiger charge is 2.21. The maximum absolute atomic E-state index is 12.1. The molecule has 0 aromatic carbocycles. The van der Waals surface area contributed by atoms with Crippen molar-refractivity contribution >= 4 is 5.95 Å². The van der Waals surface area contributed by atoms with Crippen molar-refractivity contribution in [3.05, 3.63) is 21.6 Å². The lowest BCUT2D eigenvalue weighted by Gasteiger charge is -2.31. The van der Waals surface area contributed by atoms with E-state index in [4.69, 9.17) is 5.73 Å². The number of nitrogens with two attached hydrogens (primary N) is 1. The van der Waals surface area contributed by atoms with Crippen LogP contribution >= 0.6 is 0 Å². The average molecular weight is 248 g/mol. The molecule has 98 valence electrons. The summed E-state index contributed by atoms with van der Waals surface area (Å²) in [5, 5.41) is 0. The number of nitrogens with one attached hydrogen (secondary N) is 1. The Hall–Kier alpha value is -1.36. The van der Waals surface area contributed by atoms with Crippen LogP contribution in [-0.4, -0.2) is 29.1 Å². The van der Waals surface area contributed by atoms with Gasteiger partial charge in [0.2, 0.25) is 5.95 Å². The van der Waals surface area contributed by atoms with Crippen molar-refractivity contribution in [2.45, 2.75) is 44.6 Å². The number of hydrogen-bond acceptors (Lipinski definition) is 4. The molecule has 1 fully saturated rings. The van der Waals surface area contributed by atoms with Gasteiger partial charge in [0.15, 0.2) is 0 Å². The summed E-state index contributed by atoms with van der Waals surface area (Å²) in [6.07, 6.45) is 6.19. The normalized spacial score (nSPS) is 23.8. The van der Waals surface area contributed by atoms with Gasteiger partial charge in [0.25, 0.3) is 5.56 Å². The van der Waals surface area contributed by atoms with Crippen molar-refractivity contribution in [3.8, 4) is 0 Å². The average Bonchev–Trinajstić information content (AvgIpc) is 2.39. The second kappa shape index (κ2) is 4.72. The summed E-state index contributed by atoms with van der Waals surface area (Å²) < 4.78 is 0. The van der Waals surface area contributed by atoms with Gasteiger partial charge >= 0.3 is 0 Å². The molecule has 18 heavy (non-hydrogen) atoms. The van der Waals surface area contributed by atoms with Crippen molar-refractivity contribution in [2.75, 3.05) is 18.0 Å². The molecule has 0 spiro atoms. The Kier molecular flexibility index (Phi) is 3.07. The zero-order chi connectivity index (χ0) is 12.5. The van der Waals surface area contributed by atoms with E-state index in [1.54, 1.807) is 0 Å². The van der Waals surface area contributed by atoms with E-state index >= 15 is 0 Å². The summed E-state index contributed by atoms with van der Waals surface area (Å²) in [6.45, 7) is 1.73. The van der Waals surface area contributed by atoms with Gasteiger partial charge < -0.3 is 10.6 Å². The van der Waals surface area contributed by atoms with Gasteiger partial charge in [0, 0.05) is 24.7 Å².